The van der Waals surface area contributed by atoms with E-state index in [0.717, 1.165) is 25.2 Å². The lowest BCUT2D eigenvalue weighted by atomic mass is 10.1. The minimum atomic E-state index is -1.17. The van der Waals surface area contributed by atoms with Crippen LogP contribution in [0, 0.1) is 0 Å². The fourth-order valence-corrected chi connectivity index (χ4v) is 5.11. The van der Waals surface area contributed by atoms with Gasteiger partial charge in [0.2, 0.25) is 17.3 Å². The van der Waals surface area contributed by atoms with E-state index in [2.05, 4.69) is 15.3 Å². The van der Waals surface area contributed by atoms with Crippen molar-refractivity contribution in [2.45, 2.75) is 52.7 Å². The predicted molar refractivity (Wildman–Crippen MR) is 157 cm³/mol. The molecule has 2 aromatic carbocycles. The Morgan fingerprint density at radius 1 is 1.02 bits per heavy atom. The minimum absolute atomic E-state index is 0.0283. The smallest absolute Gasteiger partial charge is 0.454 e. The molecule has 5 rings (SSSR count). The first-order valence-corrected chi connectivity index (χ1v) is 13.9. The Kier molecular flexibility index (Phi) is 7.79. The van der Waals surface area contributed by atoms with Crippen LogP contribution in [0.3, 0.4) is 0 Å². The highest BCUT2D eigenvalue weighted by Crippen LogP contribution is 2.39. The van der Waals surface area contributed by atoms with Crippen molar-refractivity contribution < 1.29 is 23.5 Å². The molecular weight excluding hydrogens is 522 g/mol. The second kappa shape index (κ2) is 11.3. The van der Waals surface area contributed by atoms with Crippen LogP contribution >= 0.6 is 0 Å². The van der Waals surface area contributed by atoms with Crippen LogP contribution in [-0.2, 0) is 11.3 Å². The summed E-state index contributed by atoms with van der Waals surface area (Å²) >= 11 is 0. The van der Waals surface area contributed by atoms with Gasteiger partial charge in [0.05, 0.1) is 6.26 Å². The van der Waals surface area contributed by atoms with Crippen molar-refractivity contribution in [3.05, 3.63) is 83.8 Å². The fraction of sp³-hybridized carbons (Fsp3) is 0.355. The molecule has 1 fully saturated rings. The average molecular weight is 559 g/mol. The molecule has 2 aliphatic rings. The number of furan rings is 1. The number of anilines is 1. The SMILES string of the molecule is CCN(C(=O)[N+]1(C(=O)OC(C)(C)C)N=C(NC(=O)c2ccc(CN3CCCC3)cc2)c2occc21)c1ccccc1. The van der Waals surface area contributed by atoms with E-state index in [1.165, 1.54) is 30.1 Å². The first kappa shape index (κ1) is 28.3. The molecule has 0 saturated carbocycles. The number of amidine groups is 1. The number of quaternary nitrogens is 1. The van der Waals surface area contributed by atoms with Crippen molar-refractivity contribution >= 4 is 35.2 Å². The largest absolute Gasteiger partial charge is 0.559 e. The zero-order valence-electron chi connectivity index (χ0n) is 23.9. The van der Waals surface area contributed by atoms with Crippen LogP contribution in [0.15, 0.2) is 76.4 Å². The van der Waals surface area contributed by atoms with E-state index in [4.69, 9.17) is 9.15 Å². The van der Waals surface area contributed by atoms with Gasteiger partial charge in [-0.1, -0.05) is 30.3 Å². The van der Waals surface area contributed by atoms with E-state index in [1.54, 1.807) is 45.0 Å². The van der Waals surface area contributed by atoms with E-state index in [-0.39, 0.29) is 23.8 Å². The number of para-hydroxylation sites is 1. The molecule has 10 heteroatoms. The third-order valence-corrected chi connectivity index (χ3v) is 7.06. The molecule has 0 bridgehead atoms. The Hall–Kier alpha value is -4.28. The van der Waals surface area contributed by atoms with E-state index < -0.39 is 28.2 Å². The molecule has 10 nitrogen and oxygen atoms in total. The molecule has 41 heavy (non-hydrogen) atoms. The molecule has 1 saturated heterocycles. The van der Waals surface area contributed by atoms with Gasteiger partial charge in [-0.15, -0.1) is 0 Å². The highest BCUT2D eigenvalue weighted by Gasteiger charge is 2.61. The summed E-state index contributed by atoms with van der Waals surface area (Å²) in [5.74, 6) is -0.349. The Balaban J connectivity index is 1.48. The topological polar surface area (TPSA) is 104 Å². The number of likely N-dealkylation sites (tertiary alicyclic amines) is 1. The Morgan fingerprint density at radius 3 is 2.34 bits per heavy atom. The van der Waals surface area contributed by atoms with Crippen molar-refractivity contribution in [3.63, 3.8) is 0 Å². The monoisotopic (exact) mass is 558 g/mol. The van der Waals surface area contributed by atoms with Gasteiger partial charge in [0.15, 0.2) is 0 Å². The van der Waals surface area contributed by atoms with Gasteiger partial charge in [0.1, 0.15) is 5.60 Å². The number of hydrogen-bond donors (Lipinski definition) is 1. The summed E-state index contributed by atoms with van der Waals surface area (Å²) in [4.78, 5) is 45.3. The highest BCUT2D eigenvalue weighted by molar-refractivity contribution is 6.22. The third-order valence-electron chi connectivity index (χ3n) is 7.06. The lowest BCUT2D eigenvalue weighted by molar-refractivity contribution is 0.0342. The van der Waals surface area contributed by atoms with Gasteiger partial charge in [0.25, 0.3) is 5.91 Å². The van der Waals surface area contributed by atoms with Crippen molar-refractivity contribution in [2.75, 3.05) is 24.5 Å². The van der Waals surface area contributed by atoms with Gasteiger partial charge in [-0.2, -0.15) is 4.79 Å². The summed E-state index contributed by atoms with van der Waals surface area (Å²) in [5, 5.41) is 7.30. The summed E-state index contributed by atoms with van der Waals surface area (Å²) < 4.78 is 10.2. The number of ether oxygens (including phenoxy) is 1. The molecule has 1 aromatic heterocycles. The van der Waals surface area contributed by atoms with Crippen LogP contribution in [0.1, 0.15) is 62.2 Å². The highest BCUT2D eigenvalue weighted by atomic mass is 16.6. The number of imide groups is 1. The first-order valence-electron chi connectivity index (χ1n) is 13.9. The lowest BCUT2D eigenvalue weighted by Gasteiger charge is -2.30. The second-order valence-corrected chi connectivity index (χ2v) is 11.2. The van der Waals surface area contributed by atoms with Crippen molar-refractivity contribution in [1.29, 1.82) is 0 Å². The number of benzene rings is 2. The van der Waals surface area contributed by atoms with Gasteiger partial charge >= 0.3 is 12.1 Å². The number of nitrogens with one attached hydrogen (secondary N) is 1. The van der Waals surface area contributed by atoms with E-state index in [0.29, 0.717) is 11.3 Å². The van der Waals surface area contributed by atoms with Crippen LogP contribution in [0.25, 0.3) is 0 Å². The quantitative estimate of drug-likeness (QED) is 0.393. The zero-order valence-corrected chi connectivity index (χ0v) is 23.9. The van der Waals surface area contributed by atoms with Crippen LogP contribution in [0.2, 0.25) is 0 Å². The summed E-state index contributed by atoms with van der Waals surface area (Å²) in [6.07, 6.45) is 2.88. The molecule has 2 aliphatic heterocycles. The molecule has 4 amide bonds. The Morgan fingerprint density at radius 2 is 1.71 bits per heavy atom. The standard InChI is InChI=1S/C31H35N5O5/c1-5-35(24-11-7-6-8-12-24)29(38)36(30(39)41-31(2,3)4)25-17-20-40-26(25)27(33-36)32-28(37)23-15-13-22(14-16-23)21-34-18-9-10-19-34/h6-8,11-17,20H,5,9-10,18-19,21H2,1-4H3/p+1. The van der Waals surface area contributed by atoms with E-state index in [9.17, 15) is 14.4 Å². The van der Waals surface area contributed by atoms with Crippen LogP contribution in [0.4, 0.5) is 21.0 Å². The fourth-order valence-electron chi connectivity index (χ4n) is 5.11. The number of carbonyl (C=O) groups excluding carboxylic acids is 3. The van der Waals surface area contributed by atoms with Crippen molar-refractivity contribution in [1.82, 2.24) is 14.8 Å². The van der Waals surface area contributed by atoms with Gasteiger partial charge < -0.3 is 9.15 Å². The number of carbonyl (C=O) groups is 3. The lowest BCUT2D eigenvalue weighted by Crippen LogP contribution is -2.60. The van der Waals surface area contributed by atoms with E-state index >= 15 is 0 Å². The van der Waals surface area contributed by atoms with Crippen LogP contribution in [-0.4, -0.2) is 54.0 Å². The summed E-state index contributed by atoms with van der Waals surface area (Å²) in [5.41, 5.74) is 1.39. The van der Waals surface area contributed by atoms with Gasteiger partial charge in [-0.05, 0) is 88.6 Å². The Bertz CT molecular complexity index is 1450. The predicted octanol–water partition coefficient (Wildman–Crippen LogP) is 5.87. The molecular formula is C31H36N5O5+. The molecule has 1 N–H and O–H groups in total. The molecule has 0 spiro atoms. The number of amides is 4. The third kappa shape index (κ3) is 5.66. The molecule has 3 aromatic rings. The van der Waals surface area contributed by atoms with E-state index in [1.807, 2.05) is 37.3 Å². The maximum absolute atomic E-state index is 14.3. The number of rotatable bonds is 5. The van der Waals surface area contributed by atoms with Crippen LogP contribution in [0.5, 0.6) is 0 Å². The summed E-state index contributed by atoms with van der Waals surface area (Å²) in [6.45, 7) is 10.2. The average Bonchev–Trinajstić information content (AvgIpc) is 3.69. The molecule has 0 radical (unpaired) electrons. The normalized spacial score (nSPS) is 18.5. The van der Waals surface area contributed by atoms with Crippen LogP contribution < -0.4 is 14.8 Å². The first-order chi connectivity index (χ1) is 19.6. The van der Waals surface area contributed by atoms with Gasteiger partial charge in [-0.25, -0.2) is 4.79 Å². The number of fused-ring (bicyclic) bond motifs is 1. The van der Waals surface area contributed by atoms with Gasteiger partial charge in [0, 0.05) is 35.0 Å². The maximum atomic E-state index is 14.3. The minimum Gasteiger partial charge on any atom is -0.454 e. The maximum Gasteiger partial charge on any atom is 0.559 e. The number of hydrogen-bond acceptors (Lipinski definition) is 7. The molecule has 1 unspecified atom stereocenters. The Labute approximate surface area is 239 Å². The number of urea groups is 1. The molecule has 0 aliphatic carbocycles. The summed E-state index contributed by atoms with van der Waals surface area (Å²) in [7, 11) is 0. The second-order valence-electron chi connectivity index (χ2n) is 11.2. The van der Waals surface area contributed by atoms with Crippen molar-refractivity contribution in [2.24, 2.45) is 5.10 Å². The van der Waals surface area contributed by atoms with Crippen molar-refractivity contribution in [3.8, 4) is 0 Å². The molecule has 3 heterocycles. The molecule has 214 valence electrons. The molecule has 1 atom stereocenters. The van der Waals surface area contributed by atoms with Gasteiger partial charge in [-0.3, -0.25) is 19.9 Å². The number of nitrogens with zero attached hydrogens (tertiary/aromatic N) is 4. The summed E-state index contributed by atoms with van der Waals surface area (Å²) in [6, 6.07) is 17.2. The zero-order chi connectivity index (χ0) is 29.2.